The highest BCUT2D eigenvalue weighted by molar-refractivity contribution is 5.78. The van der Waals surface area contributed by atoms with Crippen LogP contribution in [0.15, 0.2) is 30.5 Å². The Morgan fingerprint density at radius 3 is 2.59 bits per heavy atom. The number of ether oxygens (including phenoxy) is 1. The van der Waals surface area contributed by atoms with Gasteiger partial charge in [0.05, 0.1) is 25.8 Å². The number of carbonyl (C=O) groups is 1. The molecule has 1 aromatic rings. The Bertz CT molecular complexity index is 677. The number of hydrogen-bond donors (Lipinski definition) is 0. The van der Waals surface area contributed by atoms with Crippen LogP contribution in [0.2, 0.25) is 0 Å². The van der Waals surface area contributed by atoms with Gasteiger partial charge in [-0.05, 0) is 43.2 Å². The van der Waals surface area contributed by atoms with Crippen LogP contribution in [0.5, 0.6) is 0 Å². The molecule has 1 aliphatic carbocycles. The summed E-state index contributed by atoms with van der Waals surface area (Å²) in [4.78, 5) is 21.0. The number of carbonyl (C=O) groups excluding carboxylic acids is 1. The molecule has 5 nitrogen and oxygen atoms in total. The number of amides is 1. The number of pyridine rings is 1. The van der Waals surface area contributed by atoms with Crippen molar-refractivity contribution < 1.29 is 13.9 Å². The smallest absolute Gasteiger partial charge is 0.228 e. The Morgan fingerprint density at radius 2 is 1.96 bits per heavy atom. The number of allylic oxidation sites excluding steroid dienone is 1. The van der Waals surface area contributed by atoms with Crippen molar-refractivity contribution >= 4 is 5.91 Å². The Morgan fingerprint density at radius 1 is 1.19 bits per heavy atom. The van der Waals surface area contributed by atoms with Gasteiger partial charge in [-0.3, -0.25) is 14.7 Å². The number of piperidine rings is 1. The summed E-state index contributed by atoms with van der Waals surface area (Å²) < 4.78 is 18.4. The molecule has 2 saturated heterocycles. The molecule has 4 rings (SSSR count). The van der Waals surface area contributed by atoms with Gasteiger partial charge in [0.25, 0.3) is 0 Å². The molecule has 0 N–H and O–H groups in total. The third-order valence-electron chi connectivity index (χ3n) is 6.36. The van der Waals surface area contributed by atoms with Crippen LogP contribution < -0.4 is 0 Å². The maximum absolute atomic E-state index is 13.0. The van der Waals surface area contributed by atoms with E-state index in [0.29, 0.717) is 11.7 Å². The van der Waals surface area contributed by atoms with Crippen LogP contribution in [0, 0.1) is 11.2 Å². The summed E-state index contributed by atoms with van der Waals surface area (Å²) in [5.74, 6) is -0.277. The molecule has 1 spiro atoms. The highest BCUT2D eigenvalue weighted by atomic mass is 19.1. The van der Waals surface area contributed by atoms with Gasteiger partial charge in [0.1, 0.15) is 5.82 Å². The zero-order chi connectivity index (χ0) is 18.7. The molecule has 0 saturated carbocycles. The van der Waals surface area contributed by atoms with E-state index in [1.54, 1.807) is 6.07 Å². The van der Waals surface area contributed by atoms with Crippen molar-refractivity contribution in [3.63, 3.8) is 0 Å². The van der Waals surface area contributed by atoms with Crippen molar-refractivity contribution in [3.05, 3.63) is 42.0 Å². The first-order valence-electron chi connectivity index (χ1n) is 10.0. The molecule has 3 heterocycles. The van der Waals surface area contributed by atoms with Gasteiger partial charge in [-0.2, -0.15) is 0 Å². The quantitative estimate of drug-likeness (QED) is 0.764. The summed E-state index contributed by atoms with van der Waals surface area (Å²) in [6.07, 6.45) is 10.7. The zero-order valence-corrected chi connectivity index (χ0v) is 15.8. The fourth-order valence-electron chi connectivity index (χ4n) is 4.54. The number of hydrogen-bond acceptors (Lipinski definition) is 4. The van der Waals surface area contributed by atoms with Crippen molar-refractivity contribution in [2.24, 2.45) is 5.41 Å². The van der Waals surface area contributed by atoms with Crippen molar-refractivity contribution in [1.82, 2.24) is 14.8 Å². The molecule has 0 bridgehead atoms. The maximum Gasteiger partial charge on any atom is 0.228 e. The number of likely N-dealkylation sites (tertiary alicyclic amines) is 1. The van der Waals surface area contributed by atoms with E-state index >= 15 is 0 Å². The predicted molar refractivity (Wildman–Crippen MR) is 101 cm³/mol. The molecule has 3 aliphatic rings. The first-order chi connectivity index (χ1) is 13.1. The van der Waals surface area contributed by atoms with E-state index in [-0.39, 0.29) is 23.6 Å². The third kappa shape index (κ3) is 4.38. The predicted octanol–water partition coefficient (Wildman–Crippen LogP) is 2.42. The Kier molecular flexibility index (Phi) is 5.55. The maximum atomic E-state index is 13.0. The first kappa shape index (κ1) is 18.6. The topological polar surface area (TPSA) is 45.7 Å². The Hall–Kier alpha value is -1.79. The molecule has 1 unspecified atom stereocenters. The molecule has 0 radical (unpaired) electrons. The zero-order valence-electron chi connectivity index (χ0n) is 15.8. The molecule has 6 heteroatoms. The number of rotatable bonds is 3. The van der Waals surface area contributed by atoms with E-state index in [1.165, 1.54) is 25.1 Å². The second kappa shape index (κ2) is 8.07. The number of morpholine rings is 1. The van der Waals surface area contributed by atoms with Gasteiger partial charge in [-0.25, -0.2) is 4.39 Å². The van der Waals surface area contributed by atoms with Gasteiger partial charge in [0, 0.05) is 37.9 Å². The summed E-state index contributed by atoms with van der Waals surface area (Å²) in [6.45, 7) is 5.34. The minimum absolute atomic E-state index is 0.0925. The van der Waals surface area contributed by atoms with Gasteiger partial charge in [-0.1, -0.05) is 12.2 Å². The SMILES string of the molecule is O=C(Cc1ccc(F)cn1)N1CCC2(C=CC(N3CCOCC3)CC2)CC1. The number of halogens is 1. The fraction of sp³-hybridized carbons (Fsp3) is 0.619. The molecule has 27 heavy (non-hydrogen) atoms. The summed E-state index contributed by atoms with van der Waals surface area (Å²) in [6, 6.07) is 3.50. The van der Waals surface area contributed by atoms with Gasteiger partial charge in [0.2, 0.25) is 5.91 Å². The second-order valence-electron chi connectivity index (χ2n) is 8.00. The monoisotopic (exact) mass is 373 g/mol. The lowest BCUT2D eigenvalue weighted by Crippen LogP contribution is -2.47. The molecule has 1 atom stereocenters. The minimum Gasteiger partial charge on any atom is -0.379 e. The van der Waals surface area contributed by atoms with Crippen LogP contribution in [0.3, 0.4) is 0 Å². The van der Waals surface area contributed by atoms with Gasteiger partial charge < -0.3 is 9.64 Å². The largest absolute Gasteiger partial charge is 0.379 e. The van der Waals surface area contributed by atoms with Crippen molar-refractivity contribution in [3.8, 4) is 0 Å². The van der Waals surface area contributed by atoms with E-state index in [1.807, 2.05) is 4.90 Å². The van der Waals surface area contributed by atoms with Crippen molar-refractivity contribution in [2.75, 3.05) is 39.4 Å². The summed E-state index contributed by atoms with van der Waals surface area (Å²) in [7, 11) is 0. The van der Waals surface area contributed by atoms with Crippen molar-refractivity contribution in [2.45, 2.75) is 38.1 Å². The summed E-state index contributed by atoms with van der Waals surface area (Å²) in [5.41, 5.74) is 0.890. The molecular weight excluding hydrogens is 345 g/mol. The van der Waals surface area contributed by atoms with Crippen LogP contribution in [-0.4, -0.2) is 66.1 Å². The van der Waals surface area contributed by atoms with E-state index in [2.05, 4.69) is 22.0 Å². The third-order valence-corrected chi connectivity index (χ3v) is 6.36. The van der Waals surface area contributed by atoms with E-state index in [9.17, 15) is 9.18 Å². The number of aromatic nitrogens is 1. The van der Waals surface area contributed by atoms with Crippen LogP contribution in [0.4, 0.5) is 4.39 Å². The fourth-order valence-corrected chi connectivity index (χ4v) is 4.54. The van der Waals surface area contributed by atoms with Crippen LogP contribution in [0.1, 0.15) is 31.4 Å². The molecule has 1 aromatic heterocycles. The Labute approximate surface area is 160 Å². The average Bonchev–Trinajstić information content (AvgIpc) is 2.71. The van der Waals surface area contributed by atoms with Gasteiger partial charge >= 0.3 is 0 Å². The average molecular weight is 373 g/mol. The molecule has 1 amide bonds. The van der Waals surface area contributed by atoms with Gasteiger partial charge in [-0.15, -0.1) is 0 Å². The second-order valence-corrected chi connectivity index (χ2v) is 8.00. The molecule has 0 aromatic carbocycles. The highest BCUT2D eigenvalue weighted by Gasteiger charge is 2.37. The van der Waals surface area contributed by atoms with Crippen LogP contribution in [-0.2, 0) is 16.0 Å². The van der Waals surface area contributed by atoms with E-state index in [4.69, 9.17) is 4.74 Å². The minimum atomic E-state index is -0.370. The lowest BCUT2D eigenvalue weighted by Gasteiger charge is -2.44. The van der Waals surface area contributed by atoms with Crippen LogP contribution >= 0.6 is 0 Å². The van der Waals surface area contributed by atoms with Crippen LogP contribution in [0.25, 0.3) is 0 Å². The van der Waals surface area contributed by atoms with E-state index in [0.717, 1.165) is 52.2 Å². The number of nitrogens with zero attached hydrogens (tertiary/aromatic N) is 3. The molecule has 146 valence electrons. The Balaban J connectivity index is 1.29. The lowest BCUT2D eigenvalue weighted by molar-refractivity contribution is -0.132. The van der Waals surface area contributed by atoms with Gasteiger partial charge in [0.15, 0.2) is 0 Å². The lowest BCUT2D eigenvalue weighted by atomic mass is 9.71. The standard InChI is InChI=1S/C21H28FN3O2/c22-17-1-2-18(23-16-17)15-20(26)25-9-7-21(8-10-25)5-3-19(4-6-21)24-11-13-27-14-12-24/h1-3,5,16,19H,4,6-15H2. The molecule has 2 fully saturated rings. The highest BCUT2D eigenvalue weighted by Crippen LogP contribution is 2.41. The molecule has 2 aliphatic heterocycles. The van der Waals surface area contributed by atoms with E-state index < -0.39 is 0 Å². The van der Waals surface area contributed by atoms with Crippen molar-refractivity contribution in [1.29, 1.82) is 0 Å². The molecular formula is C21H28FN3O2. The summed E-state index contributed by atoms with van der Waals surface area (Å²) >= 11 is 0. The first-order valence-corrected chi connectivity index (χ1v) is 10.0. The normalized spacial score (nSPS) is 25.7. The summed E-state index contributed by atoms with van der Waals surface area (Å²) in [5, 5.41) is 0.